The molecule has 1 fully saturated rings. The van der Waals surface area contributed by atoms with Gasteiger partial charge in [0.2, 0.25) is 5.91 Å². The van der Waals surface area contributed by atoms with Crippen LogP contribution in [0.2, 0.25) is 0 Å². The van der Waals surface area contributed by atoms with Gasteiger partial charge in [-0.15, -0.1) is 0 Å². The predicted molar refractivity (Wildman–Crippen MR) is 95.6 cm³/mol. The molecule has 1 amide bonds. The number of rotatable bonds is 5. The van der Waals surface area contributed by atoms with Crippen LogP contribution in [0, 0.1) is 5.92 Å². The molecule has 24 heavy (non-hydrogen) atoms. The first kappa shape index (κ1) is 18.9. The number of sulfone groups is 1. The Kier molecular flexibility index (Phi) is 6.04. The fourth-order valence-corrected chi connectivity index (χ4v) is 3.74. The molecule has 1 aromatic rings. The fourth-order valence-electron chi connectivity index (χ4n) is 3.11. The first-order chi connectivity index (χ1) is 11.2. The molecule has 1 aliphatic heterocycles. The summed E-state index contributed by atoms with van der Waals surface area (Å²) in [6, 6.07) is 6.95. The van der Waals surface area contributed by atoms with Crippen molar-refractivity contribution in [1.29, 1.82) is 0 Å². The van der Waals surface area contributed by atoms with Gasteiger partial charge in [0.05, 0.1) is 11.4 Å². The molecule has 6 heteroatoms. The largest absolute Gasteiger partial charge is 0.341 e. The van der Waals surface area contributed by atoms with Crippen LogP contribution >= 0.6 is 0 Å². The van der Waals surface area contributed by atoms with Gasteiger partial charge in [-0.2, -0.15) is 0 Å². The number of amides is 1. The van der Waals surface area contributed by atoms with E-state index in [0.717, 1.165) is 25.1 Å². The van der Waals surface area contributed by atoms with Gasteiger partial charge in [-0.1, -0.05) is 19.1 Å². The van der Waals surface area contributed by atoms with Crippen LogP contribution in [0.5, 0.6) is 0 Å². The highest BCUT2D eigenvalue weighted by Gasteiger charge is 2.23. The average Bonchev–Trinajstić information content (AvgIpc) is 2.53. The third-order valence-electron chi connectivity index (χ3n) is 4.85. The summed E-state index contributed by atoms with van der Waals surface area (Å²) >= 11 is 0. The zero-order valence-electron chi connectivity index (χ0n) is 15.0. The standard InChI is InChI=1S/C18H28N2O3S/c1-14-6-5-11-20(12-14)18(21)13-19(3)15(2)16-7-9-17(10-8-16)24(4,22)23/h7-10,14-15H,5-6,11-13H2,1-4H3. The molecule has 2 atom stereocenters. The Hall–Kier alpha value is -1.40. The van der Waals surface area contributed by atoms with Crippen molar-refractivity contribution in [2.45, 2.75) is 37.6 Å². The lowest BCUT2D eigenvalue weighted by molar-refractivity contribution is -0.134. The van der Waals surface area contributed by atoms with Crippen molar-refractivity contribution >= 4 is 15.7 Å². The molecule has 5 nitrogen and oxygen atoms in total. The third kappa shape index (κ3) is 4.80. The van der Waals surface area contributed by atoms with Crippen molar-refractivity contribution in [3.05, 3.63) is 29.8 Å². The number of hydrogen-bond acceptors (Lipinski definition) is 4. The van der Waals surface area contributed by atoms with Crippen LogP contribution in [-0.4, -0.2) is 57.1 Å². The van der Waals surface area contributed by atoms with E-state index in [1.54, 1.807) is 12.1 Å². The van der Waals surface area contributed by atoms with Gasteiger partial charge >= 0.3 is 0 Å². The molecule has 134 valence electrons. The summed E-state index contributed by atoms with van der Waals surface area (Å²) in [4.78, 5) is 16.8. The molecule has 1 aromatic carbocycles. The first-order valence-electron chi connectivity index (χ1n) is 8.46. The third-order valence-corrected chi connectivity index (χ3v) is 5.97. The second-order valence-corrected chi connectivity index (χ2v) is 9.04. The maximum Gasteiger partial charge on any atom is 0.236 e. The van der Waals surface area contributed by atoms with E-state index in [1.165, 1.54) is 12.7 Å². The van der Waals surface area contributed by atoms with Gasteiger partial charge in [0.1, 0.15) is 0 Å². The van der Waals surface area contributed by atoms with Crippen LogP contribution in [0.4, 0.5) is 0 Å². The minimum absolute atomic E-state index is 0.0461. The molecule has 0 radical (unpaired) electrons. The van der Waals surface area contributed by atoms with Crippen molar-refractivity contribution in [3.8, 4) is 0 Å². The van der Waals surface area contributed by atoms with Gasteiger partial charge in [-0.3, -0.25) is 9.69 Å². The number of benzene rings is 1. The second kappa shape index (κ2) is 7.66. The molecule has 2 rings (SSSR count). The van der Waals surface area contributed by atoms with Crippen LogP contribution in [0.3, 0.4) is 0 Å². The number of nitrogens with zero attached hydrogens (tertiary/aromatic N) is 2. The smallest absolute Gasteiger partial charge is 0.236 e. The Morgan fingerprint density at radius 2 is 1.96 bits per heavy atom. The van der Waals surface area contributed by atoms with E-state index < -0.39 is 9.84 Å². The van der Waals surface area contributed by atoms with Gasteiger partial charge in [0, 0.05) is 25.4 Å². The topological polar surface area (TPSA) is 57.7 Å². The summed E-state index contributed by atoms with van der Waals surface area (Å²) in [5, 5.41) is 0. The summed E-state index contributed by atoms with van der Waals surface area (Å²) in [7, 11) is -1.25. The summed E-state index contributed by atoms with van der Waals surface area (Å²) in [5.41, 5.74) is 1.00. The quantitative estimate of drug-likeness (QED) is 0.816. The highest BCUT2D eigenvalue weighted by molar-refractivity contribution is 7.90. The van der Waals surface area contributed by atoms with Crippen molar-refractivity contribution in [3.63, 3.8) is 0 Å². The van der Waals surface area contributed by atoms with E-state index in [-0.39, 0.29) is 11.9 Å². The Morgan fingerprint density at radius 3 is 2.50 bits per heavy atom. The molecule has 1 heterocycles. The zero-order chi connectivity index (χ0) is 17.9. The van der Waals surface area contributed by atoms with Gasteiger partial charge in [-0.05, 0) is 50.4 Å². The molecule has 1 saturated heterocycles. The lowest BCUT2D eigenvalue weighted by Crippen LogP contribution is -2.44. The highest BCUT2D eigenvalue weighted by Crippen LogP contribution is 2.21. The highest BCUT2D eigenvalue weighted by atomic mass is 32.2. The molecule has 0 N–H and O–H groups in total. The van der Waals surface area contributed by atoms with Crippen LogP contribution in [0.1, 0.15) is 38.3 Å². The van der Waals surface area contributed by atoms with E-state index in [1.807, 2.05) is 35.9 Å². The van der Waals surface area contributed by atoms with E-state index >= 15 is 0 Å². The van der Waals surface area contributed by atoms with Crippen molar-refractivity contribution in [2.24, 2.45) is 5.92 Å². The second-order valence-electron chi connectivity index (χ2n) is 7.02. The normalized spacial score (nSPS) is 20.2. The Bertz CT molecular complexity index is 670. The first-order valence-corrected chi connectivity index (χ1v) is 10.4. The van der Waals surface area contributed by atoms with E-state index in [2.05, 4.69) is 6.92 Å². The molecule has 0 bridgehead atoms. The number of hydrogen-bond donors (Lipinski definition) is 0. The minimum Gasteiger partial charge on any atom is -0.341 e. The number of likely N-dealkylation sites (N-methyl/N-ethyl adjacent to an activating group) is 1. The van der Waals surface area contributed by atoms with Gasteiger partial charge in [-0.25, -0.2) is 8.42 Å². The lowest BCUT2D eigenvalue weighted by atomic mass is 10.0. The maximum atomic E-state index is 12.5. The van der Waals surface area contributed by atoms with Crippen molar-refractivity contribution in [2.75, 3.05) is 32.9 Å². The number of piperidine rings is 1. The van der Waals surface area contributed by atoms with E-state index in [0.29, 0.717) is 17.4 Å². The molecular weight excluding hydrogens is 324 g/mol. The summed E-state index contributed by atoms with van der Waals surface area (Å²) in [6.45, 7) is 6.30. The molecule has 2 unspecified atom stereocenters. The zero-order valence-corrected chi connectivity index (χ0v) is 15.8. The molecule has 0 saturated carbocycles. The molecule has 1 aliphatic rings. The van der Waals surface area contributed by atoms with Crippen molar-refractivity contribution < 1.29 is 13.2 Å². The molecule has 0 aliphatic carbocycles. The summed E-state index contributed by atoms with van der Waals surface area (Å²) < 4.78 is 23.1. The average molecular weight is 353 g/mol. The molecule has 0 spiro atoms. The van der Waals surface area contributed by atoms with Gasteiger partial charge in [0.25, 0.3) is 0 Å². The number of carbonyl (C=O) groups excluding carboxylic acids is 1. The lowest BCUT2D eigenvalue weighted by Gasteiger charge is -2.33. The minimum atomic E-state index is -3.18. The van der Waals surface area contributed by atoms with Crippen LogP contribution < -0.4 is 0 Å². The van der Waals surface area contributed by atoms with Crippen LogP contribution in [-0.2, 0) is 14.6 Å². The monoisotopic (exact) mass is 352 g/mol. The van der Waals surface area contributed by atoms with Crippen molar-refractivity contribution in [1.82, 2.24) is 9.80 Å². The van der Waals surface area contributed by atoms with Crippen LogP contribution in [0.25, 0.3) is 0 Å². The maximum absolute atomic E-state index is 12.5. The Morgan fingerprint density at radius 1 is 1.33 bits per heavy atom. The molecular formula is C18H28N2O3S. The number of carbonyl (C=O) groups is 1. The molecule has 0 aromatic heterocycles. The van der Waals surface area contributed by atoms with Crippen LogP contribution in [0.15, 0.2) is 29.2 Å². The van der Waals surface area contributed by atoms with E-state index in [9.17, 15) is 13.2 Å². The van der Waals surface area contributed by atoms with Gasteiger partial charge in [0.15, 0.2) is 9.84 Å². The Balaban J connectivity index is 1.98. The van der Waals surface area contributed by atoms with Gasteiger partial charge < -0.3 is 4.90 Å². The predicted octanol–water partition coefficient (Wildman–Crippen LogP) is 2.34. The summed E-state index contributed by atoms with van der Waals surface area (Å²) in [5.74, 6) is 0.748. The Labute approximate surface area is 145 Å². The summed E-state index contributed by atoms with van der Waals surface area (Å²) in [6.07, 6.45) is 3.48. The number of likely N-dealkylation sites (tertiary alicyclic amines) is 1. The SMILES string of the molecule is CC1CCCN(C(=O)CN(C)C(C)c2ccc(S(C)(=O)=O)cc2)C1. The fraction of sp³-hybridized carbons (Fsp3) is 0.611. The van der Waals surface area contributed by atoms with E-state index in [4.69, 9.17) is 0 Å².